The lowest BCUT2D eigenvalue weighted by atomic mass is 9.85. The Hall–Kier alpha value is -2.44. The summed E-state index contributed by atoms with van der Waals surface area (Å²) < 4.78 is 0. The normalized spacial score (nSPS) is 12.5. The molecule has 1 aromatic carbocycles. The topological polar surface area (TPSA) is 110 Å². The van der Waals surface area contributed by atoms with E-state index in [1.807, 2.05) is 27.7 Å². The monoisotopic (exact) mass is 322 g/mol. The summed E-state index contributed by atoms with van der Waals surface area (Å²) >= 11 is 0. The van der Waals surface area contributed by atoms with Gasteiger partial charge in [0, 0.05) is 17.2 Å². The van der Waals surface area contributed by atoms with Crippen LogP contribution in [0.2, 0.25) is 0 Å². The number of nitro groups is 1. The highest BCUT2D eigenvalue weighted by atomic mass is 16.6. The summed E-state index contributed by atoms with van der Waals surface area (Å²) in [5.41, 5.74) is 0.00501. The van der Waals surface area contributed by atoms with Crippen LogP contribution in [0.1, 0.15) is 56.5 Å². The van der Waals surface area contributed by atoms with Crippen molar-refractivity contribution in [3.8, 4) is 0 Å². The summed E-state index contributed by atoms with van der Waals surface area (Å²) in [6, 6.07) is 3.21. The van der Waals surface area contributed by atoms with Crippen molar-refractivity contribution in [2.75, 3.05) is 0 Å². The van der Waals surface area contributed by atoms with Gasteiger partial charge in [0.15, 0.2) is 0 Å². The summed E-state index contributed by atoms with van der Waals surface area (Å²) in [7, 11) is 0. The lowest BCUT2D eigenvalue weighted by Gasteiger charge is -2.19. The number of nitrogens with zero attached hydrogens (tertiary/aromatic N) is 1. The van der Waals surface area contributed by atoms with E-state index in [9.17, 15) is 19.7 Å². The number of nitrogens with one attached hydrogen (secondary N) is 1. The molecule has 0 saturated heterocycles. The highest BCUT2D eigenvalue weighted by Gasteiger charge is 2.27. The average molecular weight is 322 g/mol. The van der Waals surface area contributed by atoms with Crippen LogP contribution in [0.3, 0.4) is 0 Å². The SMILES string of the molecule is CCCC(NC(=O)c1ccc(C(C)(C)C)c([N+](=O)[O-])c1)C(=O)O. The number of hydrogen-bond acceptors (Lipinski definition) is 4. The van der Waals surface area contributed by atoms with Crippen molar-refractivity contribution in [3.05, 3.63) is 39.4 Å². The van der Waals surface area contributed by atoms with E-state index in [2.05, 4.69) is 5.32 Å². The molecule has 2 N–H and O–H groups in total. The Bertz CT molecular complexity index is 619. The summed E-state index contributed by atoms with van der Waals surface area (Å²) in [6.45, 7) is 7.34. The molecule has 0 bridgehead atoms. The molecule has 0 aliphatic rings. The molecule has 126 valence electrons. The summed E-state index contributed by atoms with van der Waals surface area (Å²) in [5.74, 6) is -1.75. The van der Waals surface area contributed by atoms with Gasteiger partial charge in [0.1, 0.15) is 6.04 Å². The number of carboxylic acids is 1. The molecule has 0 heterocycles. The first-order valence-electron chi connectivity index (χ1n) is 7.40. The smallest absolute Gasteiger partial charge is 0.326 e. The maximum absolute atomic E-state index is 12.2. The zero-order chi connectivity index (χ0) is 17.8. The van der Waals surface area contributed by atoms with Gasteiger partial charge in [0.05, 0.1) is 4.92 Å². The van der Waals surface area contributed by atoms with Crippen molar-refractivity contribution in [1.29, 1.82) is 0 Å². The maximum Gasteiger partial charge on any atom is 0.326 e. The minimum atomic E-state index is -1.12. The number of carbonyl (C=O) groups is 2. The predicted molar refractivity (Wildman–Crippen MR) is 85.6 cm³/mol. The van der Waals surface area contributed by atoms with Gasteiger partial charge in [0.25, 0.3) is 11.6 Å². The van der Waals surface area contributed by atoms with Crippen molar-refractivity contribution in [2.24, 2.45) is 0 Å². The number of aliphatic carboxylic acids is 1. The highest BCUT2D eigenvalue weighted by Crippen LogP contribution is 2.31. The van der Waals surface area contributed by atoms with Crippen LogP contribution < -0.4 is 5.32 Å². The Morgan fingerprint density at radius 3 is 2.39 bits per heavy atom. The minimum Gasteiger partial charge on any atom is -0.480 e. The molecule has 0 spiro atoms. The van der Waals surface area contributed by atoms with Crippen LogP contribution in [0.25, 0.3) is 0 Å². The van der Waals surface area contributed by atoms with Crippen LogP contribution in [-0.4, -0.2) is 27.9 Å². The molecule has 7 nitrogen and oxygen atoms in total. The Morgan fingerprint density at radius 2 is 1.96 bits per heavy atom. The third-order valence-corrected chi connectivity index (χ3v) is 3.45. The van der Waals surface area contributed by atoms with E-state index in [4.69, 9.17) is 5.11 Å². The third-order valence-electron chi connectivity index (χ3n) is 3.45. The fraction of sp³-hybridized carbons (Fsp3) is 0.500. The van der Waals surface area contributed by atoms with E-state index < -0.39 is 28.3 Å². The highest BCUT2D eigenvalue weighted by molar-refractivity contribution is 5.97. The molecule has 0 saturated carbocycles. The van der Waals surface area contributed by atoms with E-state index in [0.29, 0.717) is 18.4 Å². The molecule has 1 rings (SSSR count). The fourth-order valence-corrected chi connectivity index (χ4v) is 2.25. The van der Waals surface area contributed by atoms with Gasteiger partial charge in [-0.25, -0.2) is 4.79 Å². The zero-order valence-corrected chi connectivity index (χ0v) is 13.8. The predicted octanol–water partition coefficient (Wildman–Crippen LogP) is 2.88. The van der Waals surface area contributed by atoms with Gasteiger partial charge in [0.2, 0.25) is 0 Å². The standard InChI is InChI=1S/C16H22N2O5/c1-5-6-12(15(20)21)17-14(19)10-7-8-11(16(2,3)4)13(9-10)18(22)23/h7-9,12H,5-6H2,1-4H3,(H,17,19)(H,20,21). The van der Waals surface area contributed by atoms with Crippen molar-refractivity contribution in [3.63, 3.8) is 0 Å². The molecule has 1 aromatic rings. The van der Waals surface area contributed by atoms with Gasteiger partial charge in [-0.2, -0.15) is 0 Å². The van der Waals surface area contributed by atoms with Gasteiger partial charge >= 0.3 is 5.97 Å². The Kier molecular flexibility index (Phi) is 5.84. The number of carbonyl (C=O) groups excluding carboxylic acids is 1. The van der Waals surface area contributed by atoms with E-state index in [1.165, 1.54) is 12.1 Å². The Morgan fingerprint density at radius 1 is 1.35 bits per heavy atom. The third kappa shape index (κ3) is 4.77. The summed E-state index contributed by atoms with van der Waals surface area (Å²) in [5, 5.41) is 22.7. The van der Waals surface area contributed by atoms with E-state index >= 15 is 0 Å². The first kappa shape index (κ1) is 18.6. The molecule has 0 fully saturated rings. The molecule has 1 amide bonds. The van der Waals surface area contributed by atoms with Gasteiger partial charge in [-0.1, -0.05) is 40.2 Å². The number of hydrogen-bond donors (Lipinski definition) is 2. The molecule has 0 aliphatic carbocycles. The second-order valence-corrected chi connectivity index (χ2v) is 6.39. The first-order chi connectivity index (χ1) is 10.6. The van der Waals surface area contributed by atoms with Crippen LogP contribution >= 0.6 is 0 Å². The Balaban J connectivity index is 3.14. The number of amides is 1. The van der Waals surface area contributed by atoms with Crippen LogP contribution in [0.4, 0.5) is 5.69 Å². The van der Waals surface area contributed by atoms with Crippen molar-refractivity contribution < 1.29 is 19.6 Å². The van der Waals surface area contributed by atoms with Crippen molar-refractivity contribution in [1.82, 2.24) is 5.32 Å². The molecule has 1 atom stereocenters. The van der Waals surface area contributed by atoms with Crippen molar-refractivity contribution in [2.45, 2.75) is 52.0 Å². The molecule has 0 radical (unpaired) electrons. The maximum atomic E-state index is 12.2. The van der Waals surface area contributed by atoms with Gasteiger partial charge in [-0.3, -0.25) is 14.9 Å². The molecular formula is C16H22N2O5. The van der Waals surface area contributed by atoms with Gasteiger partial charge in [-0.05, 0) is 17.9 Å². The largest absolute Gasteiger partial charge is 0.480 e. The fourth-order valence-electron chi connectivity index (χ4n) is 2.25. The molecule has 1 unspecified atom stereocenters. The van der Waals surface area contributed by atoms with Crippen LogP contribution in [0.15, 0.2) is 18.2 Å². The number of benzene rings is 1. The molecule has 7 heteroatoms. The number of rotatable bonds is 6. The summed E-state index contributed by atoms with van der Waals surface area (Å²) in [4.78, 5) is 34.0. The molecule has 23 heavy (non-hydrogen) atoms. The van der Waals surface area contributed by atoms with Gasteiger partial charge in [-0.15, -0.1) is 0 Å². The number of nitro benzene ring substituents is 1. The lowest BCUT2D eigenvalue weighted by Crippen LogP contribution is -2.40. The quantitative estimate of drug-likeness (QED) is 0.618. The van der Waals surface area contributed by atoms with E-state index in [1.54, 1.807) is 6.07 Å². The van der Waals surface area contributed by atoms with Crippen LogP contribution in [0, 0.1) is 10.1 Å². The van der Waals surface area contributed by atoms with Gasteiger partial charge < -0.3 is 10.4 Å². The average Bonchev–Trinajstić information content (AvgIpc) is 2.44. The second-order valence-electron chi connectivity index (χ2n) is 6.39. The minimum absolute atomic E-state index is 0.0760. The summed E-state index contributed by atoms with van der Waals surface area (Å²) in [6.07, 6.45) is 0.892. The van der Waals surface area contributed by atoms with Crippen LogP contribution in [0.5, 0.6) is 0 Å². The first-order valence-corrected chi connectivity index (χ1v) is 7.40. The van der Waals surface area contributed by atoms with E-state index in [-0.39, 0.29) is 11.3 Å². The van der Waals surface area contributed by atoms with Crippen LogP contribution in [-0.2, 0) is 10.2 Å². The molecule has 0 aromatic heterocycles. The zero-order valence-electron chi connectivity index (χ0n) is 13.8. The molecular weight excluding hydrogens is 300 g/mol. The second kappa shape index (κ2) is 7.21. The van der Waals surface area contributed by atoms with E-state index in [0.717, 1.165) is 0 Å². The number of carboxylic acid groups (broad SMARTS) is 1. The lowest BCUT2D eigenvalue weighted by molar-refractivity contribution is -0.386. The molecule has 0 aliphatic heterocycles. The van der Waals surface area contributed by atoms with Crippen molar-refractivity contribution >= 4 is 17.6 Å². The Labute approximate surface area is 134 Å².